The number of hydrogen-bond acceptors (Lipinski definition) is 2. The lowest BCUT2D eigenvalue weighted by Gasteiger charge is -2.08. The molecule has 0 heterocycles. The Morgan fingerprint density at radius 3 is 2.83 bits per heavy atom. The van der Waals surface area contributed by atoms with Crippen LogP contribution in [0.3, 0.4) is 0 Å². The van der Waals surface area contributed by atoms with Crippen LogP contribution in [0, 0.1) is 6.92 Å². The highest BCUT2D eigenvalue weighted by Gasteiger charge is 2.02. The van der Waals surface area contributed by atoms with Gasteiger partial charge in [-0.2, -0.15) is 0 Å². The van der Waals surface area contributed by atoms with Crippen LogP contribution in [0.5, 0.6) is 5.75 Å². The predicted octanol–water partition coefficient (Wildman–Crippen LogP) is 1.99. The van der Waals surface area contributed by atoms with E-state index in [1.807, 2.05) is 19.1 Å². The second-order valence-electron chi connectivity index (χ2n) is 2.52. The van der Waals surface area contributed by atoms with Crippen molar-refractivity contribution >= 4 is 11.6 Å². The Hall–Kier alpha value is -0.730. The van der Waals surface area contributed by atoms with Gasteiger partial charge in [0.1, 0.15) is 12.4 Å². The van der Waals surface area contributed by atoms with E-state index in [0.717, 1.165) is 11.3 Å². The first-order valence-corrected chi connectivity index (χ1v) is 4.21. The second kappa shape index (κ2) is 4.33. The van der Waals surface area contributed by atoms with Crippen LogP contribution in [-0.4, -0.2) is 13.2 Å². The van der Waals surface area contributed by atoms with Crippen LogP contribution in [0.2, 0.25) is 5.02 Å². The van der Waals surface area contributed by atoms with Crippen molar-refractivity contribution in [3.8, 4) is 5.75 Å². The van der Waals surface area contributed by atoms with Crippen molar-refractivity contribution in [2.75, 3.05) is 13.2 Å². The van der Waals surface area contributed by atoms with Crippen molar-refractivity contribution in [2.24, 2.45) is 5.73 Å². The third-order valence-corrected chi connectivity index (χ3v) is 1.83. The van der Waals surface area contributed by atoms with E-state index in [4.69, 9.17) is 22.1 Å². The summed E-state index contributed by atoms with van der Waals surface area (Å²) in [4.78, 5) is 0. The molecule has 1 aromatic rings. The fraction of sp³-hybridized carbons (Fsp3) is 0.333. The van der Waals surface area contributed by atoms with Gasteiger partial charge in [-0.05, 0) is 18.6 Å². The molecule has 1 rings (SSSR count). The van der Waals surface area contributed by atoms with Crippen molar-refractivity contribution in [1.82, 2.24) is 0 Å². The van der Waals surface area contributed by atoms with E-state index in [-0.39, 0.29) is 0 Å². The molecule has 0 aliphatic carbocycles. The molecule has 0 saturated heterocycles. The fourth-order valence-electron chi connectivity index (χ4n) is 0.960. The second-order valence-corrected chi connectivity index (χ2v) is 2.93. The Morgan fingerprint density at radius 1 is 1.50 bits per heavy atom. The summed E-state index contributed by atoms with van der Waals surface area (Å²) in [5.74, 6) is 0.740. The number of para-hydroxylation sites is 1. The van der Waals surface area contributed by atoms with Crippen molar-refractivity contribution < 1.29 is 4.74 Å². The number of nitrogens with two attached hydrogens (primary N) is 1. The largest absolute Gasteiger partial charge is 0.490 e. The van der Waals surface area contributed by atoms with Gasteiger partial charge in [0, 0.05) is 6.54 Å². The SMILES string of the molecule is Cc1cccc(Cl)c1OCCN. The molecule has 0 aliphatic heterocycles. The molecule has 2 N–H and O–H groups in total. The van der Waals surface area contributed by atoms with E-state index in [1.54, 1.807) is 6.07 Å². The molecule has 0 amide bonds. The van der Waals surface area contributed by atoms with E-state index >= 15 is 0 Å². The summed E-state index contributed by atoms with van der Waals surface area (Å²) in [6.07, 6.45) is 0. The van der Waals surface area contributed by atoms with Crippen LogP contribution >= 0.6 is 11.6 Å². The van der Waals surface area contributed by atoms with E-state index in [2.05, 4.69) is 0 Å². The van der Waals surface area contributed by atoms with Gasteiger partial charge < -0.3 is 10.5 Å². The summed E-state index contributed by atoms with van der Waals surface area (Å²) < 4.78 is 5.36. The Kier molecular flexibility index (Phi) is 3.38. The predicted molar refractivity (Wildman–Crippen MR) is 50.7 cm³/mol. The minimum Gasteiger partial charge on any atom is -0.490 e. The van der Waals surface area contributed by atoms with Crippen molar-refractivity contribution in [1.29, 1.82) is 0 Å². The van der Waals surface area contributed by atoms with E-state index in [0.29, 0.717) is 18.2 Å². The first-order chi connectivity index (χ1) is 5.75. The van der Waals surface area contributed by atoms with Gasteiger partial charge in [-0.25, -0.2) is 0 Å². The number of halogens is 1. The number of benzene rings is 1. The summed E-state index contributed by atoms with van der Waals surface area (Å²) in [5, 5.41) is 0.642. The average molecular weight is 186 g/mol. The van der Waals surface area contributed by atoms with Gasteiger partial charge in [-0.15, -0.1) is 0 Å². The molecule has 0 spiro atoms. The molecule has 66 valence electrons. The maximum Gasteiger partial charge on any atom is 0.140 e. The third kappa shape index (κ3) is 2.13. The zero-order valence-corrected chi connectivity index (χ0v) is 7.77. The summed E-state index contributed by atoms with van der Waals surface area (Å²) in [6.45, 7) is 2.97. The summed E-state index contributed by atoms with van der Waals surface area (Å²) in [7, 11) is 0. The van der Waals surface area contributed by atoms with Gasteiger partial charge in [0.25, 0.3) is 0 Å². The zero-order chi connectivity index (χ0) is 8.97. The third-order valence-electron chi connectivity index (χ3n) is 1.53. The standard InChI is InChI=1S/C9H12ClNO/c1-7-3-2-4-8(10)9(7)12-6-5-11/h2-4H,5-6,11H2,1H3. The minimum absolute atomic E-state index is 0.505. The maximum atomic E-state index is 5.90. The molecule has 3 heteroatoms. The summed E-state index contributed by atoms with van der Waals surface area (Å²) in [6, 6.07) is 5.66. The highest BCUT2D eigenvalue weighted by Crippen LogP contribution is 2.27. The Labute approximate surface area is 77.3 Å². The first kappa shape index (κ1) is 9.36. The van der Waals surface area contributed by atoms with E-state index in [1.165, 1.54) is 0 Å². The highest BCUT2D eigenvalue weighted by molar-refractivity contribution is 6.32. The molecular formula is C9H12ClNO. The Bertz CT molecular complexity index is 242. The molecule has 0 bridgehead atoms. The summed E-state index contributed by atoms with van der Waals surface area (Å²) in [5.41, 5.74) is 6.35. The molecule has 0 saturated carbocycles. The lowest BCUT2D eigenvalue weighted by molar-refractivity contribution is 0.326. The minimum atomic E-state index is 0.505. The summed E-state index contributed by atoms with van der Waals surface area (Å²) >= 11 is 5.90. The number of hydrogen-bond donors (Lipinski definition) is 1. The maximum absolute atomic E-state index is 5.90. The van der Waals surface area contributed by atoms with Crippen molar-refractivity contribution in [3.05, 3.63) is 28.8 Å². The van der Waals surface area contributed by atoms with Crippen LogP contribution in [0.4, 0.5) is 0 Å². The van der Waals surface area contributed by atoms with Gasteiger partial charge in [-0.3, -0.25) is 0 Å². The lowest BCUT2D eigenvalue weighted by Crippen LogP contribution is -2.11. The number of rotatable bonds is 3. The number of aryl methyl sites for hydroxylation is 1. The quantitative estimate of drug-likeness (QED) is 0.782. The average Bonchev–Trinajstić information content (AvgIpc) is 2.04. The molecule has 0 unspecified atom stereocenters. The van der Waals surface area contributed by atoms with Crippen LogP contribution < -0.4 is 10.5 Å². The van der Waals surface area contributed by atoms with Crippen LogP contribution in [-0.2, 0) is 0 Å². The van der Waals surface area contributed by atoms with Crippen LogP contribution in [0.25, 0.3) is 0 Å². The normalized spacial score (nSPS) is 9.92. The highest BCUT2D eigenvalue weighted by atomic mass is 35.5. The van der Waals surface area contributed by atoms with E-state index < -0.39 is 0 Å². The zero-order valence-electron chi connectivity index (χ0n) is 7.01. The van der Waals surface area contributed by atoms with Crippen molar-refractivity contribution in [2.45, 2.75) is 6.92 Å². The fourth-order valence-corrected chi connectivity index (χ4v) is 1.24. The smallest absolute Gasteiger partial charge is 0.140 e. The van der Waals surface area contributed by atoms with Gasteiger partial charge >= 0.3 is 0 Å². The molecule has 12 heavy (non-hydrogen) atoms. The Balaban J connectivity index is 2.81. The van der Waals surface area contributed by atoms with Gasteiger partial charge in [0.15, 0.2) is 0 Å². The van der Waals surface area contributed by atoms with Crippen LogP contribution in [0.1, 0.15) is 5.56 Å². The molecule has 1 aromatic carbocycles. The molecule has 0 fully saturated rings. The van der Waals surface area contributed by atoms with Crippen LogP contribution in [0.15, 0.2) is 18.2 Å². The van der Waals surface area contributed by atoms with E-state index in [9.17, 15) is 0 Å². The molecule has 0 atom stereocenters. The topological polar surface area (TPSA) is 35.2 Å². The molecular weight excluding hydrogens is 174 g/mol. The van der Waals surface area contributed by atoms with Gasteiger partial charge in [0.05, 0.1) is 5.02 Å². The van der Waals surface area contributed by atoms with Gasteiger partial charge in [-0.1, -0.05) is 23.7 Å². The molecule has 0 aromatic heterocycles. The Morgan fingerprint density at radius 2 is 2.25 bits per heavy atom. The van der Waals surface area contributed by atoms with Gasteiger partial charge in [0.2, 0.25) is 0 Å². The molecule has 0 radical (unpaired) electrons. The number of ether oxygens (including phenoxy) is 1. The molecule has 0 aliphatic rings. The monoisotopic (exact) mass is 185 g/mol. The molecule has 2 nitrogen and oxygen atoms in total. The lowest BCUT2D eigenvalue weighted by atomic mass is 10.2. The first-order valence-electron chi connectivity index (χ1n) is 3.83. The van der Waals surface area contributed by atoms with Crippen molar-refractivity contribution in [3.63, 3.8) is 0 Å².